The number of carbonyl (C=O) groups is 1. The Morgan fingerprint density at radius 1 is 1.18 bits per heavy atom. The van der Waals surface area contributed by atoms with E-state index in [1.807, 2.05) is 25.1 Å². The first-order valence-electron chi connectivity index (χ1n) is 11.0. The molecule has 1 amide bonds. The predicted octanol–water partition coefficient (Wildman–Crippen LogP) is 5.95. The zero-order valence-corrected chi connectivity index (χ0v) is 22.2. The Balaban J connectivity index is 1.60. The Morgan fingerprint density at radius 2 is 1.97 bits per heavy atom. The topological polar surface area (TPSA) is 72.0 Å². The number of hydrazone groups is 1. The van der Waals surface area contributed by atoms with Gasteiger partial charge in [-0.05, 0) is 72.2 Å². The largest absolute Gasteiger partial charge is 0.490 e. The van der Waals surface area contributed by atoms with Crippen LogP contribution in [-0.2, 0) is 11.4 Å². The van der Waals surface area contributed by atoms with Crippen LogP contribution in [0.5, 0.6) is 11.5 Å². The van der Waals surface area contributed by atoms with Crippen molar-refractivity contribution in [1.29, 1.82) is 0 Å². The van der Waals surface area contributed by atoms with E-state index in [2.05, 4.69) is 38.4 Å². The van der Waals surface area contributed by atoms with Gasteiger partial charge in [0.25, 0.3) is 5.91 Å². The molecular formula is C24H28Cl2IN3O3. The van der Waals surface area contributed by atoms with Crippen molar-refractivity contribution in [3.8, 4) is 11.5 Å². The zero-order chi connectivity index (χ0) is 23.6. The van der Waals surface area contributed by atoms with Crippen LogP contribution >= 0.6 is 45.8 Å². The van der Waals surface area contributed by atoms with Crippen LogP contribution in [0.1, 0.15) is 50.2 Å². The molecule has 178 valence electrons. The summed E-state index contributed by atoms with van der Waals surface area (Å²) in [5.74, 6) is 1.07. The van der Waals surface area contributed by atoms with E-state index in [-0.39, 0.29) is 19.1 Å². The van der Waals surface area contributed by atoms with Crippen LogP contribution in [0.25, 0.3) is 0 Å². The number of benzene rings is 2. The van der Waals surface area contributed by atoms with Gasteiger partial charge in [0.1, 0.15) is 6.61 Å². The number of nitrogens with one attached hydrogen (secondary N) is 2. The molecule has 1 aliphatic rings. The standard InChI is InChI=1S/C24H28Cl2IN3O3/c1-2-32-22-11-16(13-29-30-23(31)14-28-19-6-4-3-5-7-19)10-21(27)24(22)33-15-17-8-9-18(25)12-20(17)26/h8-13,19,28H,2-7,14-15H2,1H3,(H,30,31)/b29-13-. The fourth-order valence-corrected chi connectivity index (χ4v) is 4.86. The molecule has 2 N–H and O–H groups in total. The minimum absolute atomic E-state index is 0.156. The van der Waals surface area contributed by atoms with E-state index in [0.29, 0.717) is 34.2 Å². The molecule has 1 aliphatic carbocycles. The van der Waals surface area contributed by atoms with Gasteiger partial charge in [-0.2, -0.15) is 5.10 Å². The van der Waals surface area contributed by atoms with Gasteiger partial charge < -0.3 is 14.8 Å². The first kappa shape index (κ1) is 26.1. The van der Waals surface area contributed by atoms with Gasteiger partial charge in [-0.25, -0.2) is 5.43 Å². The maximum absolute atomic E-state index is 12.1. The van der Waals surface area contributed by atoms with Crippen LogP contribution in [0.2, 0.25) is 10.0 Å². The van der Waals surface area contributed by atoms with Crippen molar-refractivity contribution in [1.82, 2.24) is 10.7 Å². The summed E-state index contributed by atoms with van der Waals surface area (Å²) in [4.78, 5) is 12.1. The van der Waals surface area contributed by atoms with E-state index >= 15 is 0 Å². The molecule has 0 aromatic heterocycles. The van der Waals surface area contributed by atoms with Gasteiger partial charge >= 0.3 is 0 Å². The van der Waals surface area contributed by atoms with E-state index < -0.39 is 0 Å². The monoisotopic (exact) mass is 603 g/mol. The third-order valence-corrected chi connectivity index (χ3v) is 6.67. The van der Waals surface area contributed by atoms with Crippen LogP contribution in [0.15, 0.2) is 35.4 Å². The highest BCUT2D eigenvalue weighted by Gasteiger charge is 2.15. The van der Waals surface area contributed by atoms with Gasteiger partial charge in [0, 0.05) is 21.7 Å². The molecule has 1 fully saturated rings. The number of carbonyl (C=O) groups excluding carboxylic acids is 1. The number of ether oxygens (including phenoxy) is 2. The molecule has 0 atom stereocenters. The summed E-state index contributed by atoms with van der Waals surface area (Å²) in [5, 5.41) is 8.53. The fourth-order valence-electron chi connectivity index (χ4n) is 3.62. The molecule has 2 aromatic rings. The van der Waals surface area contributed by atoms with E-state index in [9.17, 15) is 4.79 Å². The molecule has 6 nitrogen and oxygen atoms in total. The second-order valence-corrected chi connectivity index (χ2v) is 9.80. The Hall–Kier alpha value is -1.55. The normalized spacial score (nSPS) is 14.4. The lowest BCUT2D eigenvalue weighted by atomic mass is 9.95. The fraction of sp³-hybridized carbons (Fsp3) is 0.417. The number of halogens is 3. The molecule has 3 rings (SSSR count). The molecule has 0 saturated heterocycles. The molecule has 0 unspecified atom stereocenters. The maximum atomic E-state index is 12.1. The van der Waals surface area contributed by atoms with E-state index in [0.717, 1.165) is 27.5 Å². The van der Waals surface area contributed by atoms with Gasteiger partial charge in [0.2, 0.25) is 0 Å². The van der Waals surface area contributed by atoms with Gasteiger partial charge in [-0.1, -0.05) is 48.5 Å². The van der Waals surface area contributed by atoms with Crippen molar-refractivity contribution in [2.24, 2.45) is 5.10 Å². The highest BCUT2D eigenvalue weighted by Crippen LogP contribution is 2.35. The first-order chi connectivity index (χ1) is 16.0. The number of rotatable bonds is 10. The van der Waals surface area contributed by atoms with E-state index in [4.69, 9.17) is 32.7 Å². The van der Waals surface area contributed by atoms with Crippen molar-refractivity contribution in [2.75, 3.05) is 13.2 Å². The Kier molecular flexibility index (Phi) is 10.6. The smallest absolute Gasteiger partial charge is 0.254 e. The lowest BCUT2D eigenvalue weighted by molar-refractivity contribution is -0.120. The number of nitrogens with zero attached hydrogens (tertiary/aromatic N) is 1. The summed E-state index contributed by atoms with van der Waals surface area (Å²) < 4.78 is 12.7. The highest BCUT2D eigenvalue weighted by molar-refractivity contribution is 14.1. The zero-order valence-electron chi connectivity index (χ0n) is 18.5. The molecule has 2 aromatic carbocycles. The molecule has 0 bridgehead atoms. The molecule has 0 aliphatic heterocycles. The van der Waals surface area contributed by atoms with Crippen LogP contribution in [-0.4, -0.2) is 31.3 Å². The Labute approximate surface area is 218 Å². The third-order valence-electron chi connectivity index (χ3n) is 5.28. The molecular weight excluding hydrogens is 576 g/mol. The summed E-state index contributed by atoms with van der Waals surface area (Å²) in [6.45, 7) is 2.94. The summed E-state index contributed by atoms with van der Waals surface area (Å²) in [5.41, 5.74) is 4.20. The minimum atomic E-state index is -0.156. The third kappa shape index (κ3) is 8.31. The molecule has 33 heavy (non-hydrogen) atoms. The van der Waals surface area contributed by atoms with Gasteiger partial charge in [0.05, 0.1) is 22.9 Å². The number of hydrogen-bond acceptors (Lipinski definition) is 5. The first-order valence-corrected chi connectivity index (χ1v) is 12.9. The summed E-state index contributed by atoms with van der Waals surface area (Å²) in [6, 6.07) is 9.48. The van der Waals surface area contributed by atoms with Crippen LogP contribution in [0.3, 0.4) is 0 Å². The molecule has 9 heteroatoms. The van der Waals surface area contributed by atoms with E-state index in [1.54, 1.807) is 18.3 Å². The van der Waals surface area contributed by atoms with Gasteiger partial charge in [0.15, 0.2) is 11.5 Å². The minimum Gasteiger partial charge on any atom is -0.490 e. The van der Waals surface area contributed by atoms with Gasteiger partial charge in [-0.15, -0.1) is 0 Å². The van der Waals surface area contributed by atoms with Crippen LogP contribution < -0.4 is 20.2 Å². The number of hydrogen-bond donors (Lipinski definition) is 2. The Bertz CT molecular complexity index is 982. The summed E-state index contributed by atoms with van der Waals surface area (Å²) in [7, 11) is 0. The number of amides is 1. The van der Waals surface area contributed by atoms with Crippen LogP contribution in [0.4, 0.5) is 0 Å². The molecule has 1 saturated carbocycles. The quantitative estimate of drug-likeness (QED) is 0.200. The lowest BCUT2D eigenvalue weighted by Crippen LogP contribution is -2.38. The van der Waals surface area contributed by atoms with Crippen LogP contribution in [0, 0.1) is 3.57 Å². The van der Waals surface area contributed by atoms with E-state index in [1.165, 1.54) is 19.3 Å². The average Bonchev–Trinajstić information content (AvgIpc) is 2.79. The van der Waals surface area contributed by atoms with Crippen molar-refractivity contribution in [3.63, 3.8) is 0 Å². The summed E-state index contributed by atoms with van der Waals surface area (Å²) in [6.07, 6.45) is 7.61. The van der Waals surface area contributed by atoms with Crippen molar-refractivity contribution in [2.45, 2.75) is 51.7 Å². The molecule has 0 heterocycles. The molecule has 0 spiro atoms. The Morgan fingerprint density at radius 3 is 2.70 bits per heavy atom. The van der Waals surface area contributed by atoms with Crippen molar-refractivity contribution in [3.05, 3.63) is 55.1 Å². The average molecular weight is 604 g/mol. The second kappa shape index (κ2) is 13.4. The summed E-state index contributed by atoms with van der Waals surface area (Å²) >= 11 is 14.4. The highest BCUT2D eigenvalue weighted by atomic mass is 127. The predicted molar refractivity (Wildman–Crippen MR) is 142 cm³/mol. The van der Waals surface area contributed by atoms with Crippen molar-refractivity contribution >= 4 is 57.9 Å². The molecule has 0 radical (unpaired) electrons. The van der Waals surface area contributed by atoms with Crippen molar-refractivity contribution < 1.29 is 14.3 Å². The SMILES string of the molecule is CCOc1cc(/C=N\NC(=O)CNC2CCCCC2)cc(I)c1OCc1ccc(Cl)cc1Cl. The lowest BCUT2D eigenvalue weighted by Gasteiger charge is -2.22. The second-order valence-electron chi connectivity index (χ2n) is 7.80. The van der Waals surface area contributed by atoms with Gasteiger partial charge in [-0.3, -0.25) is 4.79 Å². The maximum Gasteiger partial charge on any atom is 0.254 e.